The molecule has 3 heteroatoms. The molecule has 1 N–H and O–H groups in total. The lowest BCUT2D eigenvalue weighted by atomic mass is 9.92. The van der Waals surface area contributed by atoms with Crippen LogP contribution in [0.5, 0.6) is 0 Å². The van der Waals surface area contributed by atoms with E-state index in [9.17, 15) is 9.59 Å². The Morgan fingerprint density at radius 1 is 1.05 bits per heavy atom. The molecule has 1 heterocycles. The van der Waals surface area contributed by atoms with E-state index in [0.717, 1.165) is 30.2 Å². The molecule has 0 aromatic heterocycles. The fourth-order valence-electron chi connectivity index (χ4n) is 2.55. The standard InChI is InChI=1S/C18H15NO2/c1-2-3-4-5-7-12-10-11-15-16-13(12)8-6-9-14(16)17(20)19-18(15)21/h6,8-11H,2-4H2,1H3,(H,19,20,21). The Morgan fingerprint density at radius 2 is 1.81 bits per heavy atom. The summed E-state index contributed by atoms with van der Waals surface area (Å²) in [5.41, 5.74) is 1.95. The summed E-state index contributed by atoms with van der Waals surface area (Å²) in [6, 6.07) is 9.08. The molecule has 0 saturated carbocycles. The van der Waals surface area contributed by atoms with Gasteiger partial charge in [0.1, 0.15) is 0 Å². The summed E-state index contributed by atoms with van der Waals surface area (Å²) < 4.78 is 0. The van der Waals surface area contributed by atoms with Crippen LogP contribution in [0.4, 0.5) is 0 Å². The second-order valence-corrected chi connectivity index (χ2v) is 5.08. The minimum absolute atomic E-state index is 0.339. The van der Waals surface area contributed by atoms with Crippen molar-refractivity contribution in [3.05, 3.63) is 47.0 Å². The minimum atomic E-state index is -0.339. The van der Waals surface area contributed by atoms with Crippen LogP contribution in [-0.4, -0.2) is 11.8 Å². The second kappa shape index (κ2) is 5.41. The number of hydrogen-bond acceptors (Lipinski definition) is 2. The van der Waals surface area contributed by atoms with Crippen LogP contribution in [0.15, 0.2) is 30.3 Å². The van der Waals surface area contributed by atoms with E-state index in [0.29, 0.717) is 16.5 Å². The highest BCUT2D eigenvalue weighted by molar-refractivity contribution is 6.26. The van der Waals surface area contributed by atoms with Crippen LogP contribution in [-0.2, 0) is 0 Å². The molecule has 2 amide bonds. The first-order valence-corrected chi connectivity index (χ1v) is 7.12. The summed E-state index contributed by atoms with van der Waals surface area (Å²) in [6.45, 7) is 2.13. The van der Waals surface area contributed by atoms with Gasteiger partial charge in [0.15, 0.2) is 0 Å². The van der Waals surface area contributed by atoms with Gasteiger partial charge in [0.05, 0.1) is 0 Å². The Balaban J connectivity index is 2.18. The van der Waals surface area contributed by atoms with Crippen molar-refractivity contribution in [2.75, 3.05) is 0 Å². The van der Waals surface area contributed by atoms with E-state index >= 15 is 0 Å². The zero-order valence-electron chi connectivity index (χ0n) is 11.8. The lowest BCUT2D eigenvalue weighted by Crippen LogP contribution is -2.34. The summed E-state index contributed by atoms with van der Waals surface area (Å²) in [6.07, 6.45) is 3.06. The number of amides is 2. The number of carbonyl (C=O) groups excluding carboxylic acids is 2. The number of imide groups is 1. The van der Waals surface area contributed by atoms with Gasteiger partial charge in [-0.1, -0.05) is 37.3 Å². The Kier molecular flexibility index (Phi) is 3.45. The van der Waals surface area contributed by atoms with Gasteiger partial charge in [-0.2, -0.15) is 0 Å². The Labute approximate surface area is 123 Å². The van der Waals surface area contributed by atoms with Crippen molar-refractivity contribution >= 4 is 22.6 Å². The average Bonchev–Trinajstić information content (AvgIpc) is 2.49. The lowest BCUT2D eigenvalue weighted by Gasteiger charge is -2.17. The Bertz CT molecular complexity index is 789. The molecule has 3 nitrogen and oxygen atoms in total. The summed E-state index contributed by atoms with van der Waals surface area (Å²) in [7, 11) is 0. The van der Waals surface area contributed by atoms with Gasteiger partial charge in [0.25, 0.3) is 11.8 Å². The van der Waals surface area contributed by atoms with Crippen LogP contribution in [0.1, 0.15) is 52.5 Å². The van der Waals surface area contributed by atoms with Gasteiger partial charge in [-0.25, -0.2) is 0 Å². The number of hydrogen-bond donors (Lipinski definition) is 1. The third-order valence-electron chi connectivity index (χ3n) is 3.64. The van der Waals surface area contributed by atoms with E-state index in [1.165, 1.54) is 0 Å². The first-order valence-electron chi connectivity index (χ1n) is 7.12. The number of unbranched alkanes of at least 4 members (excludes halogenated alkanes) is 2. The molecule has 2 aromatic rings. The first-order chi connectivity index (χ1) is 10.2. The highest BCUT2D eigenvalue weighted by atomic mass is 16.2. The topological polar surface area (TPSA) is 46.2 Å². The fraction of sp³-hybridized carbons (Fsp3) is 0.222. The summed E-state index contributed by atoms with van der Waals surface area (Å²) in [5, 5.41) is 3.95. The molecule has 0 fully saturated rings. The molecule has 0 spiro atoms. The van der Waals surface area contributed by atoms with Crippen molar-refractivity contribution in [1.82, 2.24) is 5.32 Å². The molecule has 21 heavy (non-hydrogen) atoms. The first kappa shape index (κ1) is 13.4. The van der Waals surface area contributed by atoms with Gasteiger partial charge in [0.2, 0.25) is 0 Å². The molecular weight excluding hydrogens is 262 g/mol. The molecular formula is C18H15NO2. The Hall–Kier alpha value is -2.60. The summed E-state index contributed by atoms with van der Waals surface area (Å²) >= 11 is 0. The second-order valence-electron chi connectivity index (χ2n) is 5.08. The van der Waals surface area contributed by atoms with Crippen molar-refractivity contribution in [2.45, 2.75) is 26.2 Å². The van der Waals surface area contributed by atoms with E-state index < -0.39 is 0 Å². The molecule has 0 atom stereocenters. The van der Waals surface area contributed by atoms with Gasteiger partial charge in [0, 0.05) is 28.5 Å². The average molecular weight is 277 g/mol. The third-order valence-corrected chi connectivity index (χ3v) is 3.64. The van der Waals surface area contributed by atoms with Gasteiger partial charge < -0.3 is 0 Å². The monoisotopic (exact) mass is 277 g/mol. The van der Waals surface area contributed by atoms with Crippen LogP contribution in [0, 0.1) is 11.8 Å². The van der Waals surface area contributed by atoms with Crippen molar-refractivity contribution < 1.29 is 9.59 Å². The zero-order valence-corrected chi connectivity index (χ0v) is 11.8. The highest BCUT2D eigenvalue weighted by Crippen LogP contribution is 2.28. The van der Waals surface area contributed by atoms with Crippen LogP contribution in [0.25, 0.3) is 10.8 Å². The maximum Gasteiger partial charge on any atom is 0.258 e. The van der Waals surface area contributed by atoms with Gasteiger partial charge in [-0.05, 0) is 30.0 Å². The number of carbonyl (C=O) groups is 2. The smallest absolute Gasteiger partial charge is 0.258 e. The molecule has 104 valence electrons. The predicted octanol–water partition coefficient (Wildman–Crippen LogP) is 3.27. The van der Waals surface area contributed by atoms with Crippen molar-refractivity contribution in [1.29, 1.82) is 0 Å². The number of rotatable bonds is 2. The highest BCUT2D eigenvalue weighted by Gasteiger charge is 2.25. The normalized spacial score (nSPS) is 12.8. The van der Waals surface area contributed by atoms with Crippen molar-refractivity contribution in [3.63, 3.8) is 0 Å². The summed E-state index contributed by atoms with van der Waals surface area (Å²) in [4.78, 5) is 23.8. The largest absolute Gasteiger partial charge is 0.288 e. The predicted molar refractivity (Wildman–Crippen MR) is 82.1 cm³/mol. The van der Waals surface area contributed by atoms with Gasteiger partial charge in [-0.3, -0.25) is 14.9 Å². The SMILES string of the molecule is CCCCC#Cc1ccc2c3c(cccc13)C(=O)NC2=O. The zero-order chi connectivity index (χ0) is 14.8. The van der Waals surface area contributed by atoms with Crippen LogP contribution in [0.2, 0.25) is 0 Å². The minimum Gasteiger partial charge on any atom is -0.288 e. The van der Waals surface area contributed by atoms with Crippen LogP contribution < -0.4 is 5.32 Å². The molecule has 1 aliphatic rings. The molecule has 0 radical (unpaired) electrons. The number of nitrogens with one attached hydrogen (secondary N) is 1. The molecule has 2 aromatic carbocycles. The quantitative estimate of drug-likeness (QED) is 0.520. The van der Waals surface area contributed by atoms with Gasteiger partial charge in [-0.15, -0.1) is 0 Å². The third kappa shape index (κ3) is 2.30. The van der Waals surface area contributed by atoms with E-state index in [2.05, 4.69) is 24.1 Å². The summed E-state index contributed by atoms with van der Waals surface area (Å²) in [5.74, 6) is 5.64. The Morgan fingerprint density at radius 3 is 2.57 bits per heavy atom. The molecule has 0 aliphatic carbocycles. The van der Waals surface area contributed by atoms with Crippen molar-refractivity contribution in [2.24, 2.45) is 0 Å². The van der Waals surface area contributed by atoms with E-state index in [1.54, 1.807) is 12.1 Å². The maximum absolute atomic E-state index is 11.9. The van der Waals surface area contributed by atoms with Gasteiger partial charge >= 0.3 is 0 Å². The van der Waals surface area contributed by atoms with Crippen LogP contribution in [0.3, 0.4) is 0 Å². The van der Waals surface area contributed by atoms with Crippen molar-refractivity contribution in [3.8, 4) is 11.8 Å². The fourth-order valence-corrected chi connectivity index (χ4v) is 2.55. The molecule has 3 rings (SSSR count). The lowest BCUT2D eigenvalue weighted by molar-refractivity contribution is 0.0845. The molecule has 1 aliphatic heterocycles. The molecule has 0 unspecified atom stereocenters. The van der Waals surface area contributed by atoms with E-state index in [4.69, 9.17) is 0 Å². The molecule has 0 bridgehead atoms. The van der Waals surface area contributed by atoms with E-state index in [1.807, 2.05) is 18.2 Å². The van der Waals surface area contributed by atoms with Crippen LogP contribution >= 0.6 is 0 Å². The maximum atomic E-state index is 11.9. The van der Waals surface area contributed by atoms with E-state index in [-0.39, 0.29) is 11.8 Å². The molecule has 0 saturated heterocycles. The number of benzene rings is 2.